The molecule has 0 saturated heterocycles. The fourth-order valence-corrected chi connectivity index (χ4v) is 4.06. The summed E-state index contributed by atoms with van der Waals surface area (Å²) in [6.45, 7) is 2.29. The smallest absolute Gasteiger partial charge is 0.319 e. The van der Waals surface area contributed by atoms with Gasteiger partial charge in [-0.15, -0.1) is 11.8 Å². The number of benzene rings is 2. The second-order valence-electron chi connectivity index (χ2n) is 5.10. The molecule has 3 rings (SSSR count). The predicted molar refractivity (Wildman–Crippen MR) is 85.6 cm³/mol. The highest BCUT2D eigenvalue weighted by atomic mass is 32.2. The van der Waals surface area contributed by atoms with Gasteiger partial charge in [0.15, 0.2) is 0 Å². The molecule has 0 fully saturated rings. The summed E-state index contributed by atoms with van der Waals surface area (Å²) in [6.07, 6.45) is 0.796. The zero-order chi connectivity index (χ0) is 14.7. The molecule has 2 aromatic carbocycles. The van der Waals surface area contributed by atoms with Crippen molar-refractivity contribution in [1.82, 2.24) is 0 Å². The van der Waals surface area contributed by atoms with Gasteiger partial charge in [-0.3, -0.25) is 4.79 Å². The van der Waals surface area contributed by atoms with Gasteiger partial charge >= 0.3 is 5.97 Å². The third kappa shape index (κ3) is 2.98. The summed E-state index contributed by atoms with van der Waals surface area (Å²) in [7, 11) is 0. The van der Waals surface area contributed by atoms with Crippen LogP contribution in [0.4, 0.5) is 0 Å². The minimum atomic E-state index is -0.120. The van der Waals surface area contributed by atoms with Crippen LogP contribution in [-0.4, -0.2) is 17.8 Å². The standard InChI is InChI=1S/C18H18O2S/c1-2-20-18(19)17-12-15(13-8-4-3-5-9-13)14-10-6-7-11-16(14)21-17/h3-11,15,17H,2,12H2,1H3/t15-,17-/m0/s1. The van der Waals surface area contributed by atoms with E-state index in [4.69, 9.17) is 4.74 Å². The SMILES string of the molecule is CCOC(=O)[C@@H]1C[C@@H](c2ccccc2)c2ccccc2S1. The van der Waals surface area contributed by atoms with Crippen molar-refractivity contribution in [2.24, 2.45) is 0 Å². The zero-order valence-electron chi connectivity index (χ0n) is 12.0. The Kier molecular flexibility index (Phi) is 4.30. The van der Waals surface area contributed by atoms with E-state index in [-0.39, 0.29) is 17.1 Å². The van der Waals surface area contributed by atoms with Crippen LogP contribution in [0.1, 0.15) is 30.4 Å². The molecule has 1 heterocycles. The number of carbonyl (C=O) groups excluding carboxylic acids is 1. The fourth-order valence-electron chi connectivity index (χ4n) is 2.80. The maximum absolute atomic E-state index is 12.1. The van der Waals surface area contributed by atoms with E-state index in [0.29, 0.717) is 6.61 Å². The Hall–Kier alpha value is -1.74. The van der Waals surface area contributed by atoms with Gasteiger partial charge in [0, 0.05) is 10.8 Å². The Morgan fingerprint density at radius 3 is 2.62 bits per heavy atom. The first kappa shape index (κ1) is 14.2. The molecule has 0 radical (unpaired) electrons. The van der Waals surface area contributed by atoms with Crippen LogP contribution in [0, 0.1) is 0 Å². The molecule has 3 heteroatoms. The second-order valence-corrected chi connectivity index (χ2v) is 6.34. The van der Waals surface area contributed by atoms with Crippen LogP contribution in [0.15, 0.2) is 59.5 Å². The van der Waals surface area contributed by atoms with Gasteiger partial charge in [0.2, 0.25) is 0 Å². The van der Waals surface area contributed by atoms with Crippen LogP contribution in [0.25, 0.3) is 0 Å². The molecular formula is C18H18O2S. The van der Waals surface area contributed by atoms with Gasteiger partial charge in [0.1, 0.15) is 5.25 Å². The van der Waals surface area contributed by atoms with Gasteiger partial charge in [-0.05, 0) is 30.5 Å². The van der Waals surface area contributed by atoms with Crippen molar-refractivity contribution in [1.29, 1.82) is 0 Å². The monoisotopic (exact) mass is 298 g/mol. The van der Waals surface area contributed by atoms with Gasteiger partial charge in [-0.25, -0.2) is 0 Å². The summed E-state index contributed by atoms with van der Waals surface area (Å²) in [5.74, 6) is 0.163. The van der Waals surface area contributed by atoms with Gasteiger partial charge in [-0.2, -0.15) is 0 Å². The fraction of sp³-hybridized carbons (Fsp3) is 0.278. The number of thioether (sulfide) groups is 1. The lowest BCUT2D eigenvalue weighted by Gasteiger charge is -2.30. The first-order chi connectivity index (χ1) is 10.3. The number of carbonyl (C=O) groups is 1. The maximum Gasteiger partial charge on any atom is 0.319 e. The molecule has 108 valence electrons. The van der Waals surface area contributed by atoms with Crippen molar-refractivity contribution in [3.63, 3.8) is 0 Å². The molecule has 2 nitrogen and oxygen atoms in total. The molecule has 0 aliphatic carbocycles. The van der Waals surface area contributed by atoms with Crippen molar-refractivity contribution in [3.05, 3.63) is 65.7 Å². The predicted octanol–water partition coefficient (Wildman–Crippen LogP) is 4.25. The van der Waals surface area contributed by atoms with E-state index in [1.807, 2.05) is 19.1 Å². The minimum Gasteiger partial charge on any atom is -0.465 e. The lowest BCUT2D eigenvalue weighted by atomic mass is 9.87. The molecule has 2 aromatic rings. The van der Waals surface area contributed by atoms with Crippen LogP contribution in [0.3, 0.4) is 0 Å². The third-order valence-electron chi connectivity index (χ3n) is 3.76. The highest BCUT2D eigenvalue weighted by Gasteiger charge is 2.33. The second kappa shape index (κ2) is 6.35. The van der Waals surface area contributed by atoms with Crippen molar-refractivity contribution in [2.75, 3.05) is 6.61 Å². The Morgan fingerprint density at radius 2 is 1.86 bits per heavy atom. The lowest BCUT2D eigenvalue weighted by Crippen LogP contribution is -2.26. The molecule has 2 atom stereocenters. The highest BCUT2D eigenvalue weighted by Crippen LogP contribution is 2.45. The van der Waals surface area contributed by atoms with Crippen LogP contribution in [0.5, 0.6) is 0 Å². The van der Waals surface area contributed by atoms with Gasteiger partial charge in [0.25, 0.3) is 0 Å². The molecule has 1 aliphatic rings. The molecule has 0 bridgehead atoms. The van der Waals surface area contributed by atoms with Crippen LogP contribution < -0.4 is 0 Å². The van der Waals surface area contributed by atoms with E-state index in [1.165, 1.54) is 16.0 Å². The number of hydrogen-bond acceptors (Lipinski definition) is 3. The Morgan fingerprint density at radius 1 is 1.14 bits per heavy atom. The van der Waals surface area contributed by atoms with Gasteiger partial charge in [-0.1, -0.05) is 48.5 Å². The van der Waals surface area contributed by atoms with Crippen molar-refractivity contribution >= 4 is 17.7 Å². The molecule has 0 saturated carbocycles. The Labute approximate surface area is 129 Å². The molecule has 0 aromatic heterocycles. The molecule has 0 unspecified atom stereocenters. The molecule has 0 N–H and O–H groups in total. The van der Waals surface area contributed by atoms with E-state index in [1.54, 1.807) is 11.8 Å². The Bertz CT molecular complexity index is 624. The molecule has 0 spiro atoms. The zero-order valence-corrected chi connectivity index (χ0v) is 12.8. The number of hydrogen-bond donors (Lipinski definition) is 0. The maximum atomic E-state index is 12.1. The van der Waals surface area contributed by atoms with Crippen molar-refractivity contribution < 1.29 is 9.53 Å². The number of esters is 1. The summed E-state index contributed by atoms with van der Waals surface area (Å²) in [5.41, 5.74) is 2.58. The van der Waals surface area contributed by atoms with Crippen molar-refractivity contribution in [2.45, 2.75) is 29.4 Å². The highest BCUT2D eigenvalue weighted by molar-refractivity contribution is 8.00. The molecular weight excluding hydrogens is 280 g/mol. The topological polar surface area (TPSA) is 26.3 Å². The average Bonchev–Trinajstić information content (AvgIpc) is 2.55. The van der Waals surface area contributed by atoms with E-state index < -0.39 is 0 Å². The molecule has 1 aliphatic heterocycles. The van der Waals surface area contributed by atoms with E-state index in [2.05, 4.69) is 42.5 Å². The van der Waals surface area contributed by atoms with E-state index >= 15 is 0 Å². The first-order valence-electron chi connectivity index (χ1n) is 7.26. The summed E-state index contributed by atoms with van der Waals surface area (Å²) < 4.78 is 5.22. The van der Waals surface area contributed by atoms with E-state index in [9.17, 15) is 4.79 Å². The quantitative estimate of drug-likeness (QED) is 0.793. The van der Waals surface area contributed by atoms with E-state index in [0.717, 1.165) is 6.42 Å². The summed E-state index contributed by atoms with van der Waals surface area (Å²) in [4.78, 5) is 13.3. The van der Waals surface area contributed by atoms with Crippen molar-refractivity contribution in [3.8, 4) is 0 Å². The number of rotatable bonds is 3. The molecule has 21 heavy (non-hydrogen) atoms. The number of fused-ring (bicyclic) bond motifs is 1. The number of ether oxygens (including phenoxy) is 1. The van der Waals surface area contributed by atoms with Gasteiger partial charge in [0.05, 0.1) is 6.61 Å². The lowest BCUT2D eigenvalue weighted by molar-refractivity contribution is -0.142. The van der Waals surface area contributed by atoms with Crippen LogP contribution in [-0.2, 0) is 9.53 Å². The largest absolute Gasteiger partial charge is 0.465 e. The summed E-state index contributed by atoms with van der Waals surface area (Å²) in [6, 6.07) is 18.8. The van der Waals surface area contributed by atoms with Crippen LogP contribution in [0.2, 0.25) is 0 Å². The average molecular weight is 298 g/mol. The Balaban J connectivity index is 1.96. The molecule has 0 amide bonds. The normalized spacial score (nSPS) is 20.6. The summed E-state index contributed by atoms with van der Waals surface area (Å²) in [5, 5.41) is -0.120. The first-order valence-corrected chi connectivity index (χ1v) is 8.14. The third-order valence-corrected chi connectivity index (χ3v) is 5.06. The minimum absolute atomic E-state index is 0.0991. The summed E-state index contributed by atoms with van der Waals surface area (Å²) >= 11 is 1.63. The van der Waals surface area contributed by atoms with Crippen LogP contribution >= 0.6 is 11.8 Å². The van der Waals surface area contributed by atoms with Gasteiger partial charge < -0.3 is 4.74 Å².